The molecule has 92 valence electrons. The van der Waals surface area contributed by atoms with Crippen LogP contribution in [0.25, 0.3) is 0 Å². The highest BCUT2D eigenvalue weighted by molar-refractivity contribution is 6.14. The topological polar surface area (TPSA) is 130 Å². The third kappa shape index (κ3) is 3.11. The van der Waals surface area contributed by atoms with E-state index in [4.69, 9.17) is 10.8 Å². The van der Waals surface area contributed by atoms with Crippen LogP contribution in [-0.2, 0) is 19.2 Å². The number of carboxylic acid groups (broad SMARTS) is 1. The number of hydrogen-bond donors (Lipinski definition) is 3. The molecule has 0 spiro atoms. The van der Waals surface area contributed by atoms with Gasteiger partial charge in [-0.05, 0) is 0 Å². The van der Waals surface area contributed by atoms with Crippen molar-refractivity contribution in [3.63, 3.8) is 0 Å². The third-order valence-corrected chi connectivity index (χ3v) is 2.07. The molecule has 4 N–H and O–H groups in total. The zero-order valence-corrected chi connectivity index (χ0v) is 8.75. The van der Waals surface area contributed by atoms with Gasteiger partial charge >= 0.3 is 5.97 Å². The van der Waals surface area contributed by atoms with Crippen LogP contribution in [0.1, 0.15) is 0 Å². The highest BCUT2D eigenvalue weighted by atomic mass is 16.4. The fraction of sp³-hybridized carbons (Fsp3) is 0.333. The predicted octanol–water partition coefficient (Wildman–Crippen LogP) is -2.56. The van der Waals surface area contributed by atoms with Gasteiger partial charge in [-0.25, -0.2) is 4.79 Å². The van der Waals surface area contributed by atoms with Crippen LogP contribution in [0.5, 0.6) is 0 Å². The molecule has 0 aromatic carbocycles. The second-order valence-corrected chi connectivity index (χ2v) is 3.29. The standard InChI is InChI=1S/C9H11N3O5/c10-3-5(9(16)17)11-6(13)4-12-7(14)1-2-8(12)15/h1-2,5H,3-4,10H2,(H,11,13)(H,16,17). The molecule has 0 saturated heterocycles. The molecular weight excluding hydrogens is 230 g/mol. The summed E-state index contributed by atoms with van der Waals surface area (Å²) in [6.07, 6.45) is 2.07. The zero-order valence-electron chi connectivity index (χ0n) is 8.75. The summed E-state index contributed by atoms with van der Waals surface area (Å²) in [5, 5.41) is 10.7. The molecule has 3 amide bonds. The summed E-state index contributed by atoms with van der Waals surface area (Å²) in [5.41, 5.74) is 5.13. The Hall–Kier alpha value is -2.22. The minimum Gasteiger partial charge on any atom is -0.480 e. The van der Waals surface area contributed by atoms with Crippen molar-refractivity contribution < 1.29 is 24.3 Å². The van der Waals surface area contributed by atoms with Crippen molar-refractivity contribution in [1.29, 1.82) is 0 Å². The molecule has 0 saturated carbocycles. The predicted molar refractivity (Wildman–Crippen MR) is 54.5 cm³/mol. The normalized spacial score (nSPS) is 16.2. The molecule has 0 aromatic rings. The van der Waals surface area contributed by atoms with E-state index in [1.807, 2.05) is 0 Å². The smallest absolute Gasteiger partial charge is 0.327 e. The maximum Gasteiger partial charge on any atom is 0.327 e. The molecule has 0 bridgehead atoms. The summed E-state index contributed by atoms with van der Waals surface area (Å²) in [5.74, 6) is -3.25. The Labute approximate surface area is 96.1 Å². The van der Waals surface area contributed by atoms with E-state index in [2.05, 4.69) is 5.32 Å². The van der Waals surface area contributed by atoms with Crippen molar-refractivity contribution in [3.05, 3.63) is 12.2 Å². The van der Waals surface area contributed by atoms with E-state index in [1.165, 1.54) is 0 Å². The molecule has 8 nitrogen and oxygen atoms in total. The maximum absolute atomic E-state index is 11.4. The van der Waals surface area contributed by atoms with Gasteiger partial charge in [0.25, 0.3) is 11.8 Å². The first-order valence-electron chi connectivity index (χ1n) is 4.71. The van der Waals surface area contributed by atoms with Crippen LogP contribution >= 0.6 is 0 Å². The second-order valence-electron chi connectivity index (χ2n) is 3.29. The lowest BCUT2D eigenvalue weighted by molar-refractivity contribution is -0.143. The molecule has 0 radical (unpaired) electrons. The van der Waals surface area contributed by atoms with Crippen LogP contribution < -0.4 is 11.1 Å². The average Bonchev–Trinajstić information content (AvgIpc) is 2.57. The van der Waals surface area contributed by atoms with Gasteiger partial charge in [0.2, 0.25) is 5.91 Å². The third-order valence-electron chi connectivity index (χ3n) is 2.07. The molecule has 1 unspecified atom stereocenters. The Morgan fingerprint density at radius 3 is 2.29 bits per heavy atom. The van der Waals surface area contributed by atoms with E-state index < -0.39 is 36.3 Å². The molecule has 1 aliphatic rings. The quantitative estimate of drug-likeness (QED) is 0.454. The Morgan fingerprint density at radius 1 is 1.35 bits per heavy atom. The summed E-state index contributed by atoms with van der Waals surface area (Å²) >= 11 is 0. The summed E-state index contributed by atoms with van der Waals surface area (Å²) in [6, 6.07) is -1.23. The van der Waals surface area contributed by atoms with E-state index in [0.29, 0.717) is 4.90 Å². The van der Waals surface area contributed by atoms with Gasteiger partial charge in [0.1, 0.15) is 12.6 Å². The molecule has 0 fully saturated rings. The van der Waals surface area contributed by atoms with Gasteiger partial charge < -0.3 is 16.2 Å². The fourth-order valence-corrected chi connectivity index (χ4v) is 1.19. The van der Waals surface area contributed by atoms with Gasteiger partial charge in [0.05, 0.1) is 0 Å². The Bertz CT molecular complexity index is 385. The molecule has 0 aliphatic carbocycles. The van der Waals surface area contributed by atoms with E-state index in [0.717, 1.165) is 12.2 Å². The number of carboxylic acids is 1. The van der Waals surface area contributed by atoms with Gasteiger partial charge in [-0.15, -0.1) is 0 Å². The summed E-state index contributed by atoms with van der Waals surface area (Å²) in [7, 11) is 0. The maximum atomic E-state index is 11.4. The SMILES string of the molecule is NCC(NC(=O)CN1C(=O)C=CC1=O)C(=O)O. The number of nitrogens with two attached hydrogens (primary N) is 1. The lowest BCUT2D eigenvalue weighted by Crippen LogP contribution is -2.49. The van der Waals surface area contributed by atoms with Crippen LogP contribution in [0.15, 0.2) is 12.2 Å². The minimum atomic E-state index is -1.28. The molecule has 1 heterocycles. The fourth-order valence-electron chi connectivity index (χ4n) is 1.19. The van der Waals surface area contributed by atoms with Gasteiger partial charge in [0.15, 0.2) is 0 Å². The van der Waals surface area contributed by atoms with E-state index in [-0.39, 0.29) is 6.54 Å². The molecule has 8 heteroatoms. The first-order valence-corrected chi connectivity index (χ1v) is 4.71. The number of carbonyl (C=O) groups excluding carboxylic acids is 3. The van der Waals surface area contributed by atoms with Crippen LogP contribution in [0, 0.1) is 0 Å². The van der Waals surface area contributed by atoms with Crippen molar-refractivity contribution in [2.45, 2.75) is 6.04 Å². The number of hydrogen-bond acceptors (Lipinski definition) is 5. The van der Waals surface area contributed by atoms with Crippen molar-refractivity contribution in [2.24, 2.45) is 5.73 Å². The molecule has 0 aromatic heterocycles. The number of amides is 3. The molecule has 1 atom stereocenters. The molecule has 1 rings (SSSR count). The molecule has 1 aliphatic heterocycles. The molecular formula is C9H11N3O5. The first-order chi connectivity index (χ1) is 7.95. The monoisotopic (exact) mass is 241 g/mol. The van der Waals surface area contributed by atoms with Crippen molar-refractivity contribution in [1.82, 2.24) is 10.2 Å². The van der Waals surface area contributed by atoms with Crippen molar-refractivity contribution >= 4 is 23.7 Å². The summed E-state index contributed by atoms with van der Waals surface area (Å²) < 4.78 is 0. The average molecular weight is 241 g/mol. The number of imide groups is 1. The number of nitrogens with one attached hydrogen (secondary N) is 1. The minimum absolute atomic E-state index is 0.277. The Kier molecular flexibility index (Phi) is 3.94. The number of nitrogens with zero attached hydrogens (tertiary/aromatic N) is 1. The van der Waals surface area contributed by atoms with Crippen LogP contribution in [0.3, 0.4) is 0 Å². The van der Waals surface area contributed by atoms with E-state index >= 15 is 0 Å². The van der Waals surface area contributed by atoms with Crippen molar-refractivity contribution in [2.75, 3.05) is 13.1 Å². The summed E-state index contributed by atoms with van der Waals surface area (Å²) in [4.78, 5) is 44.8. The lowest BCUT2D eigenvalue weighted by Gasteiger charge is -2.16. The largest absolute Gasteiger partial charge is 0.480 e. The van der Waals surface area contributed by atoms with Crippen LogP contribution in [0.2, 0.25) is 0 Å². The Balaban J connectivity index is 2.53. The highest BCUT2D eigenvalue weighted by Gasteiger charge is 2.27. The van der Waals surface area contributed by atoms with Gasteiger partial charge in [-0.1, -0.05) is 0 Å². The van der Waals surface area contributed by atoms with Crippen molar-refractivity contribution in [3.8, 4) is 0 Å². The number of aliphatic carboxylic acids is 1. The van der Waals surface area contributed by atoms with Gasteiger partial charge in [-0.2, -0.15) is 0 Å². The van der Waals surface area contributed by atoms with Gasteiger partial charge in [0, 0.05) is 18.7 Å². The lowest BCUT2D eigenvalue weighted by atomic mass is 10.3. The number of rotatable bonds is 5. The Morgan fingerprint density at radius 2 is 1.88 bits per heavy atom. The second kappa shape index (κ2) is 5.21. The zero-order chi connectivity index (χ0) is 13.0. The summed E-state index contributed by atoms with van der Waals surface area (Å²) in [6.45, 7) is -0.796. The van der Waals surface area contributed by atoms with Crippen LogP contribution in [0.4, 0.5) is 0 Å². The van der Waals surface area contributed by atoms with E-state index in [1.54, 1.807) is 0 Å². The highest BCUT2D eigenvalue weighted by Crippen LogP contribution is 2.02. The first kappa shape index (κ1) is 12.8. The molecule has 17 heavy (non-hydrogen) atoms. The van der Waals surface area contributed by atoms with Gasteiger partial charge in [-0.3, -0.25) is 19.3 Å². The van der Waals surface area contributed by atoms with Crippen LogP contribution in [-0.4, -0.2) is 52.8 Å². The van der Waals surface area contributed by atoms with E-state index in [9.17, 15) is 19.2 Å². The number of carbonyl (C=O) groups is 4.